The van der Waals surface area contributed by atoms with Gasteiger partial charge in [-0.1, -0.05) is 18.2 Å². The first-order valence-corrected chi connectivity index (χ1v) is 7.75. The smallest absolute Gasteiger partial charge is 0.247 e. The van der Waals surface area contributed by atoms with Crippen molar-refractivity contribution in [3.63, 3.8) is 0 Å². The van der Waals surface area contributed by atoms with E-state index in [-0.39, 0.29) is 17.5 Å². The summed E-state index contributed by atoms with van der Waals surface area (Å²) in [4.78, 5) is 12.4. The summed E-state index contributed by atoms with van der Waals surface area (Å²) in [6, 6.07) is 13.4. The fourth-order valence-electron chi connectivity index (χ4n) is 1.93. The van der Waals surface area contributed by atoms with Gasteiger partial charge in [-0.2, -0.15) is 0 Å². The standard InChI is InChI=1S/C16H12FN3O2S/c17-13-6-1-2-7-14(13)23-9-15(21)19-12-5-3-4-11(8-12)16-20-18-10-22-16/h1-8,10H,9H2,(H,19,21). The average Bonchev–Trinajstić information content (AvgIpc) is 3.09. The summed E-state index contributed by atoms with van der Waals surface area (Å²) < 4.78 is 18.6. The lowest BCUT2D eigenvalue weighted by molar-refractivity contribution is -0.113. The topological polar surface area (TPSA) is 68.0 Å². The molecule has 3 aromatic rings. The van der Waals surface area contributed by atoms with E-state index in [0.717, 1.165) is 11.8 Å². The van der Waals surface area contributed by atoms with Crippen molar-refractivity contribution in [2.45, 2.75) is 4.90 Å². The minimum atomic E-state index is -0.330. The first-order chi connectivity index (χ1) is 11.2. The number of benzene rings is 2. The molecule has 23 heavy (non-hydrogen) atoms. The molecule has 0 saturated heterocycles. The maximum absolute atomic E-state index is 13.5. The van der Waals surface area contributed by atoms with Crippen LogP contribution in [-0.2, 0) is 4.79 Å². The molecular weight excluding hydrogens is 317 g/mol. The van der Waals surface area contributed by atoms with Gasteiger partial charge in [-0.3, -0.25) is 4.79 Å². The first-order valence-electron chi connectivity index (χ1n) is 6.76. The second kappa shape index (κ2) is 7.06. The largest absolute Gasteiger partial charge is 0.423 e. The average molecular weight is 329 g/mol. The number of thioether (sulfide) groups is 1. The van der Waals surface area contributed by atoms with E-state index in [1.807, 2.05) is 0 Å². The molecule has 2 aromatic carbocycles. The molecule has 0 saturated carbocycles. The summed E-state index contributed by atoms with van der Waals surface area (Å²) in [6.45, 7) is 0. The van der Waals surface area contributed by atoms with Crippen molar-refractivity contribution in [1.82, 2.24) is 10.2 Å². The van der Waals surface area contributed by atoms with Gasteiger partial charge in [-0.05, 0) is 30.3 Å². The number of carbonyl (C=O) groups is 1. The molecular formula is C16H12FN3O2S. The third kappa shape index (κ3) is 3.95. The van der Waals surface area contributed by atoms with Crippen LogP contribution in [0.25, 0.3) is 11.5 Å². The summed E-state index contributed by atoms with van der Waals surface area (Å²) >= 11 is 1.15. The number of carbonyl (C=O) groups excluding carboxylic acids is 1. The number of anilines is 1. The highest BCUT2D eigenvalue weighted by atomic mass is 32.2. The van der Waals surface area contributed by atoms with E-state index in [1.165, 1.54) is 12.5 Å². The van der Waals surface area contributed by atoms with E-state index in [9.17, 15) is 9.18 Å². The highest BCUT2D eigenvalue weighted by molar-refractivity contribution is 8.00. The Bertz CT molecular complexity index is 809. The Morgan fingerprint density at radius 1 is 1.22 bits per heavy atom. The summed E-state index contributed by atoms with van der Waals surface area (Å²) in [5.74, 6) is -0.0578. The minimum absolute atomic E-state index is 0.117. The van der Waals surface area contributed by atoms with E-state index >= 15 is 0 Å². The molecule has 0 unspecified atom stereocenters. The molecule has 0 atom stereocenters. The van der Waals surface area contributed by atoms with Crippen LogP contribution in [0.1, 0.15) is 0 Å². The van der Waals surface area contributed by atoms with Gasteiger partial charge in [0.05, 0.1) is 5.75 Å². The van der Waals surface area contributed by atoms with Crippen molar-refractivity contribution in [2.75, 3.05) is 11.1 Å². The zero-order valence-electron chi connectivity index (χ0n) is 11.9. The maximum atomic E-state index is 13.5. The molecule has 1 aromatic heterocycles. The van der Waals surface area contributed by atoms with E-state index in [4.69, 9.17) is 4.42 Å². The van der Waals surface area contributed by atoms with Crippen LogP contribution in [0.5, 0.6) is 0 Å². The Kier molecular flexibility index (Phi) is 4.68. The summed E-state index contributed by atoms with van der Waals surface area (Å²) in [5.41, 5.74) is 1.32. The molecule has 0 spiro atoms. The van der Waals surface area contributed by atoms with Crippen molar-refractivity contribution >= 4 is 23.4 Å². The Labute approximate surface area is 135 Å². The van der Waals surface area contributed by atoms with E-state index in [0.29, 0.717) is 22.0 Å². The highest BCUT2D eigenvalue weighted by Gasteiger charge is 2.08. The van der Waals surface area contributed by atoms with Gasteiger partial charge in [0.1, 0.15) is 5.82 Å². The summed E-state index contributed by atoms with van der Waals surface area (Å²) in [6.07, 6.45) is 1.24. The van der Waals surface area contributed by atoms with E-state index < -0.39 is 0 Å². The fourth-order valence-corrected chi connectivity index (χ4v) is 2.67. The van der Waals surface area contributed by atoms with Gasteiger partial charge >= 0.3 is 0 Å². The summed E-state index contributed by atoms with van der Waals surface area (Å²) in [5, 5.41) is 10.2. The number of nitrogens with zero attached hydrogens (tertiary/aromatic N) is 2. The lowest BCUT2D eigenvalue weighted by Crippen LogP contribution is -2.14. The Morgan fingerprint density at radius 2 is 2.09 bits per heavy atom. The van der Waals surface area contributed by atoms with Crippen molar-refractivity contribution in [3.8, 4) is 11.5 Å². The van der Waals surface area contributed by atoms with Crippen LogP contribution in [0, 0.1) is 5.82 Å². The molecule has 0 aliphatic carbocycles. The third-order valence-corrected chi connectivity index (χ3v) is 4.00. The minimum Gasteiger partial charge on any atom is -0.423 e. The van der Waals surface area contributed by atoms with Crippen molar-refractivity contribution in [2.24, 2.45) is 0 Å². The van der Waals surface area contributed by atoms with Crippen LogP contribution in [0.15, 0.2) is 64.2 Å². The molecule has 7 heteroatoms. The monoisotopic (exact) mass is 329 g/mol. The number of rotatable bonds is 5. The fraction of sp³-hybridized carbons (Fsp3) is 0.0625. The molecule has 0 bridgehead atoms. The Hall–Kier alpha value is -2.67. The molecule has 0 radical (unpaired) electrons. The van der Waals surface area contributed by atoms with Gasteiger partial charge in [0.15, 0.2) is 0 Å². The van der Waals surface area contributed by atoms with Gasteiger partial charge in [-0.25, -0.2) is 4.39 Å². The lowest BCUT2D eigenvalue weighted by atomic mass is 10.2. The third-order valence-electron chi connectivity index (χ3n) is 2.95. The van der Waals surface area contributed by atoms with E-state index in [2.05, 4.69) is 15.5 Å². The van der Waals surface area contributed by atoms with Crippen LogP contribution >= 0.6 is 11.8 Å². The van der Waals surface area contributed by atoms with Crippen LogP contribution in [-0.4, -0.2) is 21.9 Å². The lowest BCUT2D eigenvalue weighted by Gasteiger charge is -2.06. The molecule has 1 heterocycles. The number of hydrogen-bond acceptors (Lipinski definition) is 5. The molecule has 116 valence electrons. The molecule has 0 aliphatic rings. The van der Waals surface area contributed by atoms with Gasteiger partial charge in [0.25, 0.3) is 0 Å². The molecule has 1 amide bonds. The first kappa shape index (κ1) is 15.2. The highest BCUT2D eigenvalue weighted by Crippen LogP contribution is 2.23. The number of aromatic nitrogens is 2. The zero-order valence-corrected chi connectivity index (χ0v) is 12.7. The molecule has 0 fully saturated rings. The SMILES string of the molecule is O=C(CSc1ccccc1F)Nc1cccc(-c2nnco2)c1. The zero-order chi connectivity index (χ0) is 16.1. The predicted molar refractivity (Wildman–Crippen MR) is 85.5 cm³/mol. The van der Waals surface area contributed by atoms with Crippen LogP contribution in [0.4, 0.5) is 10.1 Å². The second-order valence-corrected chi connectivity index (χ2v) is 5.61. The molecule has 1 N–H and O–H groups in total. The second-order valence-electron chi connectivity index (χ2n) is 4.59. The van der Waals surface area contributed by atoms with E-state index in [1.54, 1.807) is 42.5 Å². The van der Waals surface area contributed by atoms with Crippen LogP contribution in [0.3, 0.4) is 0 Å². The van der Waals surface area contributed by atoms with Crippen LogP contribution in [0.2, 0.25) is 0 Å². The quantitative estimate of drug-likeness (QED) is 0.724. The Balaban J connectivity index is 1.62. The number of nitrogens with one attached hydrogen (secondary N) is 1. The van der Waals surface area contributed by atoms with Gasteiger partial charge in [-0.15, -0.1) is 22.0 Å². The molecule has 5 nitrogen and oxygen atoms in total. The normalized spacial score (nSPS) is 10.5. The Morgan fingerprint density at radius 3 is 2.87 bits per heavy atom. The number of hydrogen-bond donors (Lipinski definition) is 1. The maximum Gasteiger partial charge on any atom is 0.247 e. The number of amides is 1. The van der Waals surface area contributed by atoms with Gasteiger partial charge < -0.3 is 9.73 Å². The molecule has 0 aliphatic heterocycles. The predicted octanol–water partition coefficient (Wildman–Crippen LogP) is 3.61. The van der Waals surface area contributed by atoms with Crippen molar-refractivity contribution < 1.29 is 13.6 Å². The van der Waals surface area contributed by atoms with Crippen molar-refractivity contribution in [1.29, 1.82) is 0 Å². The van der Waals surface area contributed by atoms with Crippen LogP contribution < -0.4 is 5.32 Å². The van der Waals surface area contributed by atoms with Gasteiger partial charge in [0.2, 0.25) is 18.2 Å². The molecule has 3 rings (SSSR count). The van der Waals surface area contributed by atoms with Gasteiger partial charge in [0, 0.05) is 16.1 Å². The summed E-state index contributed by atoms with van der Waals surface area (Å²) in [7, 11) is 0. The number of halogens is 1. The van der Waals surface area contributed by atoms with Crippen molar-refractivity contribution in [3.05, 3.63) is 60.7 Å².